The van der Waals surface area contributed by atoms with Crippen LogP contribution in [-0.2, 0) is 0 Å². The van der Waals surface area contributed by atoms with Crippen molar-refractivity contribution in [3.63, 3.8) is 0 Å². The number of aryl methyl sites for hydroxylation is 1. The molecule has 7 aromatic rings. The largest absolute Gasteiger partial charge is 0.355 e. The maximum absolute atomic E-state index is 5.19. The number of rotatable bonds is 7. The number of para-hydroxylation sites is 2. The number of nitrogens with one attached hydrogen (secondary N) is 1. The molecule has 7 rings (SSSR count). The minimum absolute atomic E-state index is 0.881. The quantitative estimate of drug-likeness (QED) is 0.170. The van der Waals surface area contributed by atoms with E-state index < -0.39 is 0 Å². The molecule has 0 saturated carbocycles. The zero-order chi connectivity index (χ0) is 37.5. The van der Waals surface area contributed by atoms with Crippen LogP contribution >= 0.6 is 0 Å². The van der Waals surface area contributed by atoms with Crippen molar-refractivity contribution in [1.82, 2.24) is 15.0 Å². The van der Waals surface area contributed by atoms with Gasteiger partial charge in [-0.2, -0.15) is 0 Å². The summed E-state index contributed by atoms with van der Waals surface area (Å²) in [6.07, 6.45) is 6.80. The number of H-pyrrole nitrogens is 1. The average molecular weight is 683 g/mol. The number of aromatic nitrogens is 3. The number of allylic oxidation sites excluding steroid dienone is 4. The van der Waals surface area contributed by atoms with Gasteiger partial charge in [0, 0.05) is 50.0 Å². The van der Waals surface area contributed by atoms with Crippen molar-refractivity contribution in [3.05, 3.63) is 183 Å². The van der Waals surface area contributed by atoms with Crippen LogP contribution in [0.25, 0.3) is 49.9 Å². The van der Waals surface area contributed by atoms with Gasteiger partial charge in [-0.15, -0.1) is 26.3 Å². The molecular weight excluding hydrogens is 633 g/mol. The number of hydrogen-bond acceptors (Lipinski definition) is 3. The molecule has 0 spiro atoms. The first kappa shape index (κ1) is 38.5. The van der Waals surface area contributed by atoms with Gasteiger partial charge in [0.2, 0.25) is 0 Å². The van der Waals surface area contributed by atoms with Gasteiger partial charge in [0.25, 0.3) is 0 Å². The van der Waals surface area contributed by atoms with Crippen molar-refractivity contribution in [2.45, 2.75) is 41.0 Å². The van der Waals surface area contributed by atoms with Gasteiger partial charge >= 0.3 is 0 Å². The molecule has 1 N–H and O–H groups in total. The summed E-state index contributed by atoms with van der Waals surface area (Å²) < 4.78 is 0. The minimum Gasteiger partial charge on any atom is -0.355 e. The topological polar surface area (TPSA) is 44.8 Å². The third-order valence-electron chi connectivity index (χ3n) is 8.37. The summed E-state index contributed by atoms with van der Waals surface area (Å²) in [4.78, 5) is 16.1. The molecule has 0 aliphatic rings. The van der Waals surface area contributed by atoms with Gasteiger partial charge in [-0.05, 0) is 88.2 Å². The molecule has 0 unspecified atom stereocenters. The van der Waals surface area contributed by atoms with Crippen LogP contribution in [0, 0.1) is 6.92 Å². The molecule has 0 radical (unpaired) electrons. The molecule has 4 nitrogen and oxygen atoms in total. The SMILES string of the molecule is C/C=C(/C)c1nc(-c2ccc(N(c3ccccc3)c3ccc4[nH]c5ccccc5c4c3)cc2)c(-c2ccccc2)nc1C.C=C.C=CC.C=CCC. The van der Waals surface area contributed by atoms with Crippen LogP contribution in [0.5, 0.6) is 0 Å². The zero-order valence-corrected chi connectivity index (χ0v) is 31.2. The molecule has 2 heterocycles. The number of nitrogens with zero attached hydrogens (tertiary/aromatic N) is 3. The predicted octanol–water partition coefficient (Wildman–Crippen LogP) is 14.2. The lowest BCUT2D eigenvalue weighted by Gasteiger charge is -2.26. The Hall–Kier alpha value is -6.26. The Morgan fingerprint density at radius 1 is 0.654 bits per heavy atom. The lowest BCUT2D eigenvalue weighted by atomic mass is 10.0. The lowest BCUT2D eigenvalue weighted by Crippen LogP contribution is -2.09. The van der Waals surface area contributed by atoms with Crippen molar-refractivity contribution in [2.75, 3.05) is 4.90 Å². The summed E-state index contributed by atoms with van der Waals surface area (Å²) in [5.74, 6) is 0. The van der Waals surface area contributed by atoms with Crippen LogP contribution < -0.4 is 4.90 Å². The highest BCUT2D eigenvalue weighted by molar-refractivity contribution is 6.08. The molecule has 262 valence electrons. The summed E-state index contributed by atoms with van der Waals surface area (Å²) in [6.45, 7) is 23.0. The first-order valence-corrected chi connectivity index (χ1v) is 17.6. The first-order chi connectivity index (χ1) is 25.4. The van der Waals surface area contributed by atoms with E-state index in [0.29, 0.717) is 0 Å². The molecule has 52 heavy (non-hydrogen) atoms. The van der Waals surface area contributed by atoms with E-state index in [1.165, 1.54) is 10.8 Å². The van der Waals surface area contributed by atoms with Crippen LogP contribution in [0.2, 0.25) is 0 Å². The summed E-state index contributed by atoms with van der Waals surface area (Å²) in [5.41, 5.74) is 12.4. The van der Waals surface area contributed by atoms with Gasteiger partial charge in [0.15, 0.2) is 0 Å². The summed E-state index contributed by atoms with van der Waals surface area (Å²) >= 11 is 0. The molecule has 0 aliphatic heterocycles. The van der Waals surface area contributed by atoms with E-state index in [0.717, 1.165) is 74.0 Å². The molecular formula is C48H50N4. The van der Waals surface area contributed by atoms with Crippen molar-refractivity contribution in [3.8, 4) is 22.5 Å². The second-order valence-electron chi connectivity index (χ2n) is 11.9. The molecule has 0 amide bonds. The number of anilines is 3. The van der Waals surface area contributed by atoms with E-state index in [1.54, 1.807) is 6.08 Å². The molecule has 4 heteroatoms. The summed E-state index contributed by atoms with van der Waals surface area (Å²) in [6, 6.07) is 44.6. The van der Waals surface area contributed by atoms with E-state index in [4.69, 9.17) is 9.97 Å². The Kier molecular flexibility index (Phi) is 14.2. The molecule has 2 aromatic heterocycles. The molecule has 0 saturated heterocycles. The molecule has 0 bridgehead atoms. The number of benzene rings is 5. The van der Waals surface area contributed by atoms with Crippen LogP contribution in [0.4, 0.5) is 17.1 Å². The summed E-state index contributed by atoms with van der Waals surface area (Å²) in [7, 11) is 0. The Balaban J connectivity index is 0.000000612. The van der Waals surface area contributed by atoms with Gasteiger partial charge < -0.3 is 9.88 Å². The van der Waals surface area contributed by atoms with Crippen LogP contribution in [-0.4, -0.2) is 15.0 Å². The van der Waals surface area contributed by atoms with Crippen LogP contribution in [0.3, 0.4) is 0 Å². The fourth-order valence-electron chi connectivity index (χ4n) is 5.80. The second kappa shape index (κ2) is 19.2. The monoisotopic (exact) mass is 682 g/mol. The fourth-order valence-corrected chi connectivity index (χ4v) is 5.80. The lowest BCUT2D eigenvalue weighted by molar-refractivity contribution is 1.09. The third kappa shape index (κ3) is 8.90. The van der Waals surface area contributed by atoms with Crippen molar-refractivity contribution in [2.24, 2.45) is 0 Å². The molecule has 5 aromatic carbocycles. The fraction of sp³-hybridized carbons (Fsp3) is 0.125. The highest BCUT2D eigenvalue weighted by Gasteiger charge is 2.18. The third-order valence-corrected chi connectivity index (χ3v) is 8.37. The predicted molar refractivity (Wildman–Crippen MR) is 229 cm³/mol. The Labute approximate surface area is 310 Å². The molecule has 0 fully saturated rings. The Morgan fingerprint density at radius 3 is 1.77 bits per heavy atom. The Morgan fingerprint density at radius 2 is 1.15 bits per heavy atom. The van der Waals surface area contributed by atoms with E-state index in [9.17, 15) is 0 Å². The van der Waals surface area contributed by atoms with Gasteiger partial charge in [-0.3, -0.25) is 0 Å². The zero-order valence-electron chi connectivity index (χ0n) is 31.2. The second-order valence-corrected chi connectivity index (χ2v) is 11.9. The number of fused-ring (bicyclic) bond motifs is 3. The normalized spacial score (nSPS) is 10.5. The molecule has 0 atom stereocenters. The standard InChI is InChI=1S/C39H32N4.C4H8.C3H6.C2H4/c1-4-26(2)37-27(3)40-38(28-13-7-5-8-14-28)39(42-37)29-19-21-31(22-20-29)43(30-15-9-6-10-16-30)32-23-24-36-34(25-32)33-17-11-12-18-35(33)41-36;1-3-4-2;1-3-2;1-2/h4-25,41H,1-3H3;3H,1,4H2,2H3;3H,1H2,2H3;1-2H2/b26-4-;;;. The number of aromatic amines is 1. The average Bonchev–Trinajstić information content (AvgIpc) is 3.58. The van der Waals surface area contributed by atoms with Gasteiger partial charge in [0.05, 0.1) is 22.8 Å². The maximum Gasteiger partial charge on any atom is 0.0972 e. The highest BCUT2D eigenvalue weighted by atomic mass is 15.1. The number of hydrogen-bond donors (Lipinski definition) is 1. The van der Waals surface area contributed by atoms with E-state index in [1.807, 2.05) is 45.0 Å². The van der Waals surface area contributed by atoms with Crippen molar-refractivity contribution in [1.29, 1.82) is 0 Å². The summed E-state index contributed by atoms with van der Waals surface area (Å²) in [5, 5.41) is 2.43. The van der Waals surface area contributed by atoms with Gasteiger partial charge in [-0.1, -0.05) is 104 Å². The first-order valence-electron chi connectivity index (χ1n) is 17.6. The highest BCUT2D eigenvalue weighted by Crippen LogP contribution is 2.39. The minimum atomic E-state index is 0.881. The van der Waals surface area contributed by atoms with Gasteiger partial charge in [0.1, 0.15) is 0 Å². The van der Waals surface area contributed by atoms with Crippen molar-refractivity contribution >= 4 is 44.4 Å². The van der Waals surface area contributed by atoms with Crippen molar-refractivity contribution < 1.29 is 0 Å². The van der Waals surface area contributed by atoms with E-state index in [-0.39, 0.29) is 0 Å². The van der Waals surface area contributed by atoms with E-state index >= 15 is 0 Å². The smallest absolute Gasteiger partial charge is 0.0972 e. The van der Waals surface area contributed by atoms with E-state index in [2.05, 4.69) is 165 Å². The van der Waals surface area contributed by atoms with Crippen LogP contribution in [0.1, 0.15) is 45.5 Å². The maximum atomic E-state index is 5.19. The van der Waals surface area contributed by atoms with Crippen LogP contribution in [0.15, 0.2) is 172 Å². The molecule has 0 aliphatic carbocycles. The Bertz CT molecular complexity index is 2230. The van der Waals surface area contributed by atoms with Gasteiger partial charge in [-0.25, -0.2) is 9.97 Å².